The average molecular weight is 326 g/mol. The van der Waals surface area contributed by atoms with Crippen molar-refractivity contribution >= 4 is 17.4 Å². The van der Waals surface area contributed by atoms with Crippen molar-refractivity contribution in [2.24, 2.45) is 0 Å². The van der Waals surface area contributed by atoms with E-state index in [0.717, 1.165) is 31.6 Å². The van der Waals surface area contributed by atoms with Crippen LogP contribution >= 0.6 is 0 Å². The van der Waals surface area contributed by atoms with Crippen LogP contribution in [0.1, 0.15) is 35.8 Å². The summed E-state index contributed by atoms with van der Waals surface area (Å²) in [5.41, 5.74) is 2.52. The third kappa shape index (κ3) is 4.08. The number of benzene rings is 1. The smallest absolute Gasteiger partial charge is 0.271 e. The van der Waals surface area contributed by atoms with Crippen molar-refractivity contribution in [3.8, 4) is 0 Å². The number of para-hydroxylation sites is 1. The maximum atomic E-state index is 12.1. The molecule has 126 valence electrons. The molecule has 0 bridgehead atoms. The van der Waals surface area contributed by atoms with Crippen LogP contribution in [0.5, 0.6) is 0 Å². The number of amides is 1. The van der Waals surface area contributed by atoms with Crippen LogP contribution in [0.3, 0.4) is 0 Å². The number of carbonyl (C=O) groups excluding carboxylic acids is 1. The molecule has 0 radical (unpaired) electrons. The van der Waals surface area contributed by atoms with Crippen LogP contribution in [-0.4, -0.2) is 35.4 Å². The van der Waals surface area contributed by atoms with Crippen molar-refractivity contribution in [1.82, 2.24) is 15.5 Å². The van der Waals surface area contributed by atoms with Gasteiger partial charge in [0.15, 0.2) is 11.5 Å². The van der Waals surface area contributed by atoms with E-state index >= 15 is 0 Å². The Kier molecular flexibility index (Phi) is 5.38. The fraction of sp³-hybridized carbons (Fsp3) is 0.389. The van der Waals surface area contributed by atoms with Gasteiger partial charge in [-0.1, -0.05) is 25.1 Å². The summed E-state index contributed by atoms with van der Waals surface area (Å²) < 4.78 is 5.49. The minimum atomic E-state index is -0.224. The van der Waals surface area contributed by atoms with Crippen LogP contribution < -0.4 is 10.6 Å². The second kappa shape index (κ2) is 7.88. The van der Waals surface area contributed by atoms with Gasteiger partial charge in [0.1, 0.15) is 0 Å². The van der Waals surface area contributed by atoms with Crippen molar-refractivity contribution in [2.75, 3.05) is 18.5 Å². The molecular weight excluding hydrogens is 304 g/mol. The van der Waals surface area contributed by atoms with E-state index in [1.165, 1.54) is 5.56 Å². The molecule has 1 saturated heterocycles. The molecule has 6 nitrogen and oxygen atoms in total. The topological polar surface area (TPSA) is 76.1 Å². The molecular formula is C18H22N4O2. The zero-order chi connectivity index (χ0) is 16.8. The quantitative estimate of drug-likeness (QED) is 0.853. The first-order chi connectivity index (χ1) is 11.8. The van der Waals surface area contributed by atoms with Gasteiger partial charge < -0.3 is 15.4 Å². The number of ether oxygens (including phenoxy) is 1. The summed E-state index contributed by atoms with van der Waals surface area (Å²) >= 11 is 0. The molecule has 0 aliphatic carbocycles. The standard InChI is InChI=1S/C18H22N4O2/c1-2-13-6-3-4-8-15(13)20-17-10-9-16(21-22-17)18(23)19-12-14-7-5-11-24-14/h3-4,6,8-10,14H,2,5,7,11-12H2,1H3,(H,19,23)(H,20,22). The highest BCUT2D eigenvalue weighted by atomic mass is 16.5. The van der Waals surface area contributed by atoms with Crippen LogP contribution in [-0.2, 0) is 11.2 Å². The first-order valence-corrected chi connectivity index (χ1v) is 8.34. The summed E-state index contributed by atoms with van der Waals surface area (Å²) in [4.78, 5) is 12.1. The van der Waals surface area contributed by atoms with Crippen LogP contribution in [0.2, 0.25) is 0 Å². The predicted molar refractivity (Wildman–Crippen MR) is 92.4 cm³/mol. The number of aryl methyl sites for hydroxylation is 1. The summed E-state index contributed by atoms with van der Waals surface area (Å²) in [7, 11) is 0. The normalized spacial score (nSPS) is 16.8. The van der Waals surface area contributed by atoms with Gasteiger partial charge in [-0.3, -0.25) is 4.79 Å². The van der Waals surface area contributed by atoms with Gasteiger partial charge in [0.2, 0.25) is 0 Å². The third-order valence-electron chi connectivity index (χ3n) is 4.07. The van der Waals surface area contributed by atoms with E-state index in [0.29, 0.717) is 18.1 Å². The molecule has 1 fully saturated rings. The maximum absolute atomic E-state index is 12.1. The van der Waals surface area contributed by atoms with E-state index in [9.17, 15) is 4.79 Å². The molecule has 1 unspecified atom stereocenters. The summed E-state index contributed by atoms with van der Waals surface area (Å²) in [5, 5.41) is 14.2. The third-order valence-corrected chi connectivity index (χ3v) is 4.07. The van der Waals surface area contributed by atoms with Crippen molar-refractivity contribution in [1.29, 1.82) is 0 Å². The Morgan fingerprint density at radius 3 is 2.83 bits per heavy atom. The summed E-state index contributed by atoms with van der Waals surface area (Å²) in [6, 6.07) is 11.5. The molecule has 1 aliphatic heterocycles. The minimum absolute atomic E-state index is 0.119. The second-order valence-corrected chi connectivity index (χ2v) is 5.78. The largest absolute Gasteiger partial charge is 0.376 e. The molecule has 1 aliphatic rings. The molecule has 1 atom stereocenters. The highest BCUT2D eigenvalue weighted by Gasteiger charge is 2.17. The van der Waals surface area contributed by atoms with E-state index in [2.05, 4.69) is 33.8 Å². The molecule has 3 rings (SSSR count). The second-order valence-electron chi connectivity index (χ2n) is 5.78. The minimum Gasteiger partial charge on any atom is -0.376 e. The first kappa shape index (κ1) is 16.4. The van der Waals surface area contributed by atoms with Crippen LogP contribution in [0.15, 0.2) is 36.4 Å². The molecule has 6 heteroatoms. The number of carbonyl (C=O) groups is 1. The van der Waals surface area contributed by atoms with E-state index in [-0.39, 0.29) is 12.0 Å². The van der Waals surface area contributed by atoms with Gasteiger partial charge in [-0.2, -0.15) is 0 Å². The molecule has 24 heavy (non-hydrogen) atoms. The fourth-order valence-corrected chi connectivity index (χ4v) is 2.71. The maximum Gasteiger partial charge on any atom is 0.271 e. The molecule has 2 aromatic rings. The van der Waals surface area contributed by atoms with Crippen LogP contribution in [0, 0.1) is 0 Å². The Morgan fingerprint density at radius 2 is 2.12 bits per heavy atom. The monoisotopic (exact) mass is 326 g/mol. The molecule has 1 aromatic heterocycles. The van der Waals surface area contributed by atoms with Crippen molar-refractivity contribution in [3.05, 3.63) is 47.7 Å². The fourth-order valence-electron chi connectivity index (χ4n) is 2.71. The number of hydrogen-bond acceptors (Lipinski definition) is 5. The lowest BCUT2D eigenvalue weighted by molar-refractivity contribution is 0.0853. The van der Waals surface area contributed by atoms with Gasteiger partial charge in [-0.25, -0.2) is 0 Å². The van der Waals surface area contributed by atoms with E-state index < -0.39 is 0 Å². The van der Waals surface area contributed by atoms with Crippen molar-refractivity contribution < 1.29 is 9.53 Å². The Balaban J connectivity index is 1.59. The number of nitrogens with zero attached hydrogens (tertiary/aromatic N) is 2. The predicted octanol–water partition coefficient (Wildman–Crippen LogP) is 2.69. The molecule has 2 heterocycles. The molecule has 0 saturated carbocycles. The number of nitrogens with one attached hydrogen (secondary N) is 2. The van der Waals surface area contributed by atoms with E-state index in [4.69, 9.17) is 4.74 Å². The van der Waals surface area contributed by atoms with Gasteiger partial charge in [0.05, 0.1) is 6.10 Å². The molecule has 2 N–H and O–H groups in total. The summed E-state index contributed by atoms with van der Waals surface area (Å²) in [6.07, 6.45) is 3.10. The molecule has 0 spiro atoms. The highest BCUT2D eigenvalue weighted by molar-refractivity contribution is 5.92. The number of anilines is 2. The first-order valence-electron chi connectivity index (χ1n) is 8.34. The van der Waals surface area contributed by atoms with Gasteiger partial charge in [0.25, 0.3) is 5.91 Å². The highest BCUT2D eigenvalue weighted by Crippen LogP contribution is 2.19. The van der Waals surface area contributed by atoms with Gasteiger partial charge in [-0.15, -0.1) is 10.2 Å². The van der Waals surface area contributed by atoms with Gasteiger partial charge in [-0.05, 0) is 43.0 Å². The zero-order valence-electron chi connectivity index (χ0n) is 13.8. The Labute approximate surface area is 141 Å². The Morgan fingerprint density at radius 1 is 1.25 bits per heavy atom. The van der Waals surface area contributed by atoms with Crippen molar-refractivity contribution in [3.63, 3.8) is 0 Å². The Hall–Kier alpha value is -2.47. The van der Waals surface area contributed by atoms with Gasteiger partial charge >= 0.3 is 0 Å². The average Bonchev–Trinajstić information content (AvgIpc) is 3.14. The lowest BCUT2D eigenvalue weighted by Gasteiger charge is -2.11. The van der Waals surface area contributed by atoms with Crippen molar-refractivity contribution in [2.45, 2.75) is 32.3 Å². The lowest BCUT2D eigenvalue weighted by atomic mass is 10.1. The SMILES string of the molecule is CCc1ccccc1Nc1ccc(C(=O)NCC2CCCO2)nn1. The number of aromatic nitrogens is 2. The zero-order valence-corrected chi connectivity index (χ0v) is 13.8. The molecule has 1 aromatic carbocycles. The van der Waals surface area contributed by atoms with Gasteiger partial charge in [0, 0.05) is 18.8 Å². The van der Waals surface area contributed by atoms with E-state index in [1.54, 1.807) is 12.1 Å². The van der Waals surface area contributed by atoms with E-state index in [1.807, 2.05) is 18.2 Å². The van der Waals surface area contributed by atoms with Crippen LogP contribution in [0.25, 0.3) is 0 Å². The summed E-state index contributed by atoms with van der Waals surface area (Å²) in [6.45, 7) is 3.40. The summed E-state index contributed by atoms with van der Waals surface area (Å²) in [5.74, 6) is 0.394. The lowest BCUT2D eigenvalue weighted by Crippen LogP contribution is -2.32. The number of rotatable bonds is 6. The van der Waals surface area contributed by atoms with Crippen LogP contribution in [0.4, 0.5) is 11.5 Å². The molecule has 1 amide bonds. The number of hydrogen-bond donors (Lipinski definition) is 2. The Bertz CT molecular complexity index is 682.